The fraction of sp³-hybridized carbons (Fsp3) is 0.619. The summed E-state index contributed by atoms with van der Waals surface area (Å²) >= 11 is 0. The SMILES string of the molecule is CC(C)(C)OC(=O)N1CCN(C(=O)OC(C)(C)C)C([C@H](O)c2ccc(F)cc2)C1. The number of hydrogen-bond donors (Lipinski definition) is 1. The lowest BCUT2D eigenvalue weighted by Crippen LogP contribution is -2.59. The summed E-state index contributed by atoms with van der Waals surface area (Å²) in [6.07, 6.45) is -2.22. The van der Waals surface area contributed by atoms with E-state index in [-0.39, 0.29) is 19.6 Å². The quantitative estimate of drug-likeness (QED) is 0.804. The highest BCUT2D eigenvalue weighted by molar-refractivity contribution is 5.71. The molecule has 2 rings (SSSR count). The highest BCUT2D eigenvalue weighted by Gasteiger charge is 2.40. The van der Waals surface area contributed by atoms with Crippen LogP contribution in [0, 0.1) is 5.82 Å². The van der Waals surface area contributed by atoms with Gasteiger partial charge in [0.15, 0.2) is 0 Å². The third-order valence-electron chi connectivity index (χ3n) is 4.27. The van der Waals surface area contributed by atoms with Crippen LogP contribution in [0.1, 0.15) is 53.2 Å². The Labute approximate surface area is 171 Å². The van der Waals surface area contributed by atoms with Crippen LogP contribution in [0.3, 0.4) is 0 Å². The molecule has 0 radical (unpaired) electrons. The molecular weight excluding hydrogens is 379 g/mol. The number of carbonyl (C=O) groups is 2. The fourth-order valence-corrected chi connectivity index (χ4v) is 3.00. The third-order valence-corrected chi connectivity index (χ3v) is 4.27. The highest BCUT2D eigenvalue weighted by Crippen LogP contribution is 2.27. The molecule has 1 aliphatic heterocycles. The molecule has 162 valence electrons. The summed E-state index contributed by atoms with van der Waals surface area (Å²) in [6.45, 7) is 11.1. The molecular formula is C21H31FN2O5. The summed E-state index contributed by atoms with van der Waals surface area (Å²) in [6, 6.07) is 4.63. The van der Waals surface area contributed by atoms with Crippen LogP contribution in [0.25, 0.3) is 0 Å². The van der Waals surface area contributed by atoms with Crippen molar-refractivity contribution in [3.8, 4) is 0 Å². The van der Waals surface area contributed by atoms with Crippen molar-refractivity contribution >= 4 is 12.2 Å². The van der Waals surface area contributed by atoms with Crippen molar-refractivity contribution in [1.82, 2.24) is 9.80 Å². The lowest BCUT2D eigenvalue weighted by Gasteiger charge is -2.43. The van der Waals surface area contributed by atoms with Crippen LogP contribution in [0.4, 0.5) is 14.0 Å². The number of nitrogens with zero attached hydrogens (tertiary/aromatic N) is 2. The Hall–Kier alpha value is -2.35. The van der Waals surface area contributed by atoms with Crippen LogP contribution in [0.15, 0.2) is 24.3 Å². The van der Waals surface area contributed by atoms with Crippen LogP contribution in [-0.2, 0) is 9.47 Å². The Balaban J connectivity index is 2.26. The molecule has 2 amide bonds. The number of piperazine rings is 1. The van der Waals surface area contributed by atoms with Gasteiger partial charge in [-0.3, -0.25) is 4.90 Å². The number of carbonyl (C=O) groups excluding carboxylic acids is 2. The zero-order chi connectivity index (χ0) is 22.0. The normalized spacial score (nSPS) is 19.0. The lowest BCUT2D eigenvalue weighted by atomic mass is 9.99. The highest BCUT2D eigenvalue weighted by atomic mass is 19.1. The molecule has 1 saturated heterocycles. The fourth-order valence-electron chi connectivity index (χ4n) is 3.00. The standard InChI is InChI=1S/C21H31FN2O5/c1-20(2,3)28-18(26)23-11-12-24(19(27)29-21(4,5)6)16(13-23)17(25)14-7-9-15(22)10-8-14/h7-10,16-17,25H,11-13H2,1-6H3/t16?,17-/m1/s1. The lowest BCUT2D eigenvalue weighted by molar-refractivity contribution is -0.0402. The van der Waals surface area contributed by atoms with Gasteiger partial charge >= 0.3 is 12.2 Å². The van der Waals surface area contributed by atoms with Gasteiger partial charge in [-0.15, -0.1) is 0 Å². The van der Waals surface area contributed by atoms with Gasteiger partial charge in [0, 0.05) is 19.6 Å². The van der Waals surface area contributed by atoms with Gasteiger partial charge in [0.1, 0.15) is 23.1 Å². The first-order valence-electron chi connectivity index (χ1n) is 9.68. The Morgan fingerprint density at radius 3 is 2.03 bits per heavy atom. The summed E-state index contributed by atoms with van der Waals surface area (Å²) in [4.78, 5) is 28.1. The van der Waals surface area contributed by atoms with Gasteiger partial charge < -0.3 is 19.5 Å². The topological polar surface area (TPSA) is 79.3 Å². The smallest absolute Gasteiger partial charge is 0.410 e. The second kappa shape index (κ2) is 8.57. The number of benzene rings is 1. The second-order valence-corrected chi connectivity index (χ2v) is 9.16. The Kier molecular flexibility index (Phi) is 6.78. The largest absolute Gasteiger partial charge is 0.444 e. The number of rotatable bonds is 2. The maximum Gasteiger partial charge on any atom is 0.410 e. The maximum atomic E-state index is 13.3. The van der Waals surface area contributed by atoms with E-state index in [0.717, 1.165) is 0 Å². The van der Waals surface area contributed by atoms with E-state index < -0.39 is 41.4 Å². The Bertz CT molecular complexity index is 724. The van der Waals surface area contributed by atoms with Gasteiger partial charge in [0.25, 0.3) is 0 Å². The van der Waals surface area contributed by atoms with Crippen molar-refractivity contribution in [2.24, 2.45) is 0 Å². The number of aliphatic hydroxyl groups is 1. The Morgan fingerprint density at radius 1 is 1.00 bits per heavy atom. The van der Waals surface area contributed by atoms with Crippen LogP contribution >= 0.6 is 0 Å². The summed E-state index contributed by atoms with van der Waals surface area (Å²) in [5.74, 6) is -0.427. The van der Waals surface area contributed by atoms with E-state index in [0.29, 0.717) is 5.56 Å². The minimum atomic E-state index is -1.13. The molecule has 1 aromatic carbocycles. The summed E-state index contributed by atoms with van der Waals surface area (Å²) in [7, 11) is 0. The summed E-state index contributed by atoms with van der Waals surface area (Å²) in [5, 5.41) is 10.9. The van der Waals surface area contributed by atoms with Crippen molar-refractivity contribution < 1.29 is 28.6 Å². The third kappa shape index (κ3) is 6.59. The number of halogens is 1. The second-order valence-electron chi connectivity index (χ2n) is 9.16. The molecule has 0 saturated carbocycles. The molecule has 1 N–H and O–H groups in total. The van der Waals surface area contributed by atoms with E-state index >= 15 is 0 Å². The van der Waals surface area contributed by atoms with Crippen LogP contribution in [0.2, 0.25) is 0 Å². The molecule has 2 atom stereocenters. The van der Waals surface area contributed by atoms with E-state index in [2.05, 4.69) is 0 Å². The predicted octanol–water partition coefficient (Wildman–Crippen LogP) is 3.72. The minimum absolute atomic E-state index is 0.0622. The molecule has 0 bridgehead atoms. The van der Waals surface area contributed by atoms with Crippen LogP contribution in [0.5, 0.6) is 0 Å². The molecule has 1 aromatic rings. The summed E-state index contributed by atoms with van der Waals surface area (Å²) < 4.78 is 24.2. The number of amides is 2. The van der Waals surface area contributed by atoms with Gasteiger partial charge in [-0.1, -0.05) is 12.1 Å². The average molecular weight is 410 g/mol. The maximum absolute atomic E-state index is 13.3. The average Bonchev–Trinajstić information content (AvgIpc) is 2.58. The Morgan fingerprint density at radius 2 is 1.52 bits per heavy atom. The molecule has 29 heavy (non-hydrogen) atoms. The van der Waals surface area contributed by atoms with E-state index in [4.69, 9.17) is 9.47 Å². The number of ether oxygens (including phenoxy) is 2. The van der Waals surface area contributed by atoms with E-state index in [9.17, 15) is 19.1 Å². The van der Waals surface area contributed by atoms with Gasteiger partial charge in [0.05, 0.1) is 6.04 Å². The van der Waals surface area contributed by atoms with Gasteiger partial charge in [-0.05, 0) is 59.2 Å². The molecule has 7 nitrogen and oxygen atoms in total. The molecule has 0 spiro atoms. The first kappa shape index (κ1) is 22.9. The molecule has 8 heteroatoms. The van der Waals surface area contributed by atoms with Gasteiger partial charge in [0.2, 0.25) is 0 Å². The van der Waals surface area contributed by atoms with Crippen molar-refractivity contribution in [2.45, 2.75) is 64.9 Å². The van der Waals surface area contributed by atoms with Crippen LogP contribution in [-0.4, -0.2) is 64.0 Å². The molecule has 1 heterocycles. The molecule has 1 fully saturated rings. The first-order valence-corrected chi connectivity index (χ1v) is 9.68. The van der Waals surface area contributed by atoms with E-state index in [1.54, 1.807) is 41.5 Å². The van der Waals surface area contributed by atoms with Crippen molar-refractivity contribution in [3.05, 3.63) is 35.6 Å². The zero-order valence-corrected chi connectivity index (χ0v) is 17.9. The van der Waals surface area contributed by atoms with Gasteiger partial charge in [-0.25, -0.2) is 14.0 Å². The van der Waals surface area contributed by atoms with Crippen LogP contribution < -0.4 is 0 Å². The molecule has 1 unspecified atom stereocenters. The van der Waals surface area contributed by atoms with Gasteiger partial charge in [-0.2, -0.15) is 0 Å². The van der Waals surface area contributed by atoms with Crippen molar-refractivity contribution in [2.75, 3.05) is 19.6 Å². The monoisotopic (exact) mass is 410 g/mol. The minimum Gasteiger partial charge on any atom is -0.444 e. The molecule has 0 aromatic heterocycles. The number of aliphatic hydroxyl groups excluding tert-OH is 1. The predicted molar refractivity (Wildman–Crippen MR) is 106 cm³/mol. The first-order chi connectivity index (χ1) is 13.3. The van der Waals surface area contributed by atoms with E-state index in [1.807, 2.05) is 0 Å². The number of hydrogen-bond acceptors (Lipinski definition) is 5. The molecule has 1 aliphatic rings. The van der Waals surface area contributed by atoms with Crippen molar-refractivity contribution in [3.63, 3.8) is 0 Å². The molecule has 0 aliphatic carbocycles. The summed E-state index contributed by atoms with van der Waals surface area (Å²) in [5.41, 5.74) is -0.925. The zero-order valence-electron chi connectivity index (χ0n) is 17.9. The van der Waals surface area contributed by atoms with Crippen molar-refractivity contribution in [1.29, 1.82) is 0 Å². The van der Waals surface area contributed by atoms with E-state index in [1.165, 1.54) is 34.1 Å².